The third-order valence-electron chi connectivity index (χ3n) is 6.65. The first-order valence-electron chi connectivity index (χ1n) is 12.1. The van der Waals surface area contributed by atoms with Gasteiger partial charge in [0.1, 0.15) is 0 Å². The normalized spacial score (nSPS) is 16.8. The summed E-state index contributed by atoms with van der Waals surface area (Å²) in [5, 5.41) is 7.43. The van der Waals surface area contributed by atoms with E-state index < -0.39 is 6.04 Å². The zero-order valence-corrected chi connectivity index (χ0v) is 21.0. The number of allylic oxidation sites excluding steroid dienone is 1. The second kappa shape index (κ2) is 8.81. The van der Waals surface area contributed by atoms with Crippen molar-refractivity contribution in [3.8, 4) is 22.9 Å². The van der Waals surface area contributed by atoms with E-state index in [4.69, 9.17) is 19.0 Å². The number of anilines is 1. The molecule has 3 heterocycles. The molecule has 0 saturated heterocycles. The molecular formula is C29H26N4O4. The standard InChI is InChI=1S/C29H26N4O4/c1-16-5-7-20(8-6-16)26-25(19(4)33(29(34)30-26)22-12-17(2)11-18(3)13-22)28-31-27(32-37-28)21-9-10-23-24(14-21)36-15-35-23/h5-14,26H,15H2,1-4H3,(H,30,34). The van der Waals surface area contributed by atoms with Crippen molar-refractivity contribution in [2.24, 2.45) is 0 Å². The quantitative estimate of drug-likeness (QED) is 0.369. The maximum absolute atomic E-state index is 13.5. The monoisotopic (exact) mass is 494 g/mol. The van der Waals surface area contributed by atoms with E-state index in [2.05, 4.69) is 16.5 Å². The minimum absolute atomic E-state index is 0.189. The Morgan fingerprint density at radius 1 is 0.865 bits per heavy atom. The molecule has 0 fully saturated rings. The topological polar surface area (TPSA) is 89.7 Å². The lowest BCUT2D eigenvalue weighted by molar-refractivity contribution is 0.174. The number of fused-ring (bicyclic) bond motifs is 1. The maximum atomic E-state index is 13.5. The highest BCUT2D eigenvalue weighted by Gasteiger charge is 2.36. The number of carbonyl (C=O) groups excluding carboxylic acids is 1. The van der Waals surface area contributed by atoms with Crippen LogP contribution in [-0.4, -0.2) is 23.0 Å². The molecule has 0 spiro atoms. The summed E-state index contributed by atoms with van der Waals surface area (Å²) >= 11 is 0. The number of aromatic nitrogens is 2. The van der Waals surface area contributed by atoms with Gasteiger partial charge < -0.3 is 19.3 Å². The molecule has 4 aromatic rings. The molecule has 2 aliphatic heterocycles. The Morgan fingerprint density at radius 2 is 1.59 bits per heavy atom. The molecule has 1 atom stereocenters. The van der Waals surface area contributed by atoms with Crippen LogP contribution in [0, 0.1) is 20.8 Å². The number of rotatable bonds is 4. The molecule has 1 unspecified atom stereocenters. The van der Waals surface area contributed by atoms with Gasteiger partial charge in [0.25, 0.3) is 5.89 Å². The predicted molar refractivity (Wildman–Crippen MR) is 139 cm³/mol. The second-order valence-electron chi connectivity index (χ2n) is 9.46. The van der Waals surface area contributed by atoms with Crippen molar-refractivity contribution in [3.05, 3.63) is 94.5 Å². The van der Waals surface area contributed by atoms with Crippen LogP contribution in [0.5, 0.6) is 11.5 Å². The van der Waals surface area contributed by atoms with Crippen LogP contribution >= 0.6 is 0 Å². The number of ether oxygens (including phenoxy) is 2. The molecule has 0 aliphatic carbocycles. The van der Waals surface area contributed by atoms with Crippen LogP contribution in [0.2, 0.25) is 0 Å². The van der Waals surface area contributed by atoms with Gasteiger partial charge in [-0.2, -0.15) is 4.98 Å². The van der Waals surface area contributed by atoms with E-state index in [1.165, 1.54) is 0 Å². The first kappa shape index (κ1) is 22.8. The molecule has 6 rings (SSSR count). The van der Waals surface area contributed by atoms with E-state index in [0.717, 1.165) is 44.8 Å². The molecule has 2 amide bonds. The summed E-state index contributed by atoms with van der Waals surface area (Å²) in [5.74, 6) is 2.09. The largest absolute Gasteiger partial charge is 0.454 e. The van der Waals surface area contributed by atoms with Gasteiger partial charge in [0.2, 0.25) is 12.6 Å². The number of aryl methyl sites for hydroxylation is 3. The van der Waals surface area contributed by atoms with Gasteiger partial charge in [-0.1, -0.05) is 41.1 Å². The Kier molecular flexibility index (Phi) is 5.44. The number of carbonyl (C=O) groups is 1. The van der Waals surface area contributed by atoms with Gasteiger partial charge in [0, 0.05) is 11.3 Å². The minimum Gasteiger partial charge on any atom is -0.454 e. The third kappa shape index (κ3) is 4.10. The summed E-state index contributed by atoms with van der Waals surface area (Å²) in [5.41, 5.74) is 7.19. The van der Waals surface area contributed by atoms with E-state index in [1.807, 2.05) is 82.3 Å². The summed E-state index contributed by atoms with van der Waals surface area (Å²) in [6, 6.07) is 19.0. The average Bonchev–Trinajstić information content (AvgIpc) is 3.53. The van der Waals surface area contributed by atoms with E-state index in [0.29, 0.717) is 23.2 Å². The molecule has 1 aromatic heterocycles. The number of hydrogen-bond donors (Lipinski definition) is 1. The number of hydrogen-bond acceptors (Lipinski definition) is 6. The van der Waals surface area contributed by atoms with Crippen LogP contribution in [0.1, 0.15) is 41.1 Å². The lowest BCUT2D eigenvalue weighted by atomic mass is 9.93. The van der Waals surface area contributed by atoms with Gasteiger partial charge in [-0.05, 0) is 74.7 Å². The van der Waals surface area contributed by atoms with Crippen LogP contribution in [-0.2, 0) is 0 Å². The minimum atomic E-state index is -0.458. The Hall–Kier alpha value is -4.59. The van der Waals surface area contributed by atoms with Gasteiger partial charge in [-0.3, -0.25) is 4.90 Å². The van der Waals surface area contributed by atoms with E-state index in [9.17, 15) is 4.79 Å². The lowest BCUT2D eigenvalue weighted by Gasteiger charge is -2.35. The second-order valence-corrected chi connectivity index (χ2v) is 9.46. The number of amides is 2. The van der Waals surface area contributed by atoms with Crippen LogP contribution < -0.4 is 19.7 Å². The van der Waals surface area contributed by atoms with Crippen molar-refractivity contribution in [1.29, 1.82) is 0 Å². The molecule has 8 nitrogen and oxygen atoms in total. The highest BCUT2D eigenvalue weighted by Crippen LogP contribution is 2.40. The molecule has 0 bridgehead atoms. The van der Waals surface area contributed by atoms with Crippen molar-refractivity contribution in [2.45, 2.75) is 33.7 Å². The van der Waals surface area contributed by atoms with E-state index in [1.54, 1.807) is 4.90 Å². The van der Waals surface area contributed by atoms with Crippen molar-refractivity contribution >= 4 is 17.3 Å². The third-order valence-corrected chi connectivity index (χ3v) is 6.65. The van der Waals surface area contributed by atoms with Crippen LogP contribution in [0.3, 0.4) is 0 Å². The molecule has 0 radical (unpaired) electrons. The molecule has 186 valence electrons. The zero-order chi connectivity index (χ0) is 25.7. The first-order valence-corrected chi connectivity index (χ1v) is 12.1. The summed E-state index contributed by atoms with van der Waals surface area (Å²) in [6.45, 7) is 8.17. The highest BCUT2D eigenvalue weighted by atomic mass is 16.7. The SMILES string of the molecule is CC1=C(c2nc(-c3ccc4c(c3)OCO4)no2)C(c2ccc(C)cc2)NC(=O)N1c1cc(C)cc(C)c1. The molecule has 0 saturated carbocycles. The maximum Gasteiger partial charge on any atom is 0.326 e. The Balaban J connectivity index is 1.48. The van der Waals surface area contributed by atoms with Gasteiger partial charge >= 0.3 is 6.03 Å². The van der Waals surface area contributed by atoms with E-state index in [-0.39, 0.29) is 12.8 Å². The summed E-state index contributed by atoms with van der Waals surface area (Å²) in [7, 11) is 0. The van der Waals surface area contributed by atoms with Gasteiger partial charge in [-0.15, -0.1) is 0 Å². The smallest absolute Gasteiger partial charge is 0.326 e. The lowest BCUT2D eigenvalue weighted by Crippen LogP contribution is -2.46. The fraction of sp³-hybridized carbons (Fsp3) is 0.207. The van der Waals surface area contributed by atoms with Crippen LogP contribution in [0.15, 0.2) is 70.9 Å². The van der Waals surface area contributed by atoms with Crippen LogP contribution in [0.25, 0.3) is 17.0 Å². The zero-order valence-electron chi connectivity index (χ0n) is 21.0. The number of nitrogens with zero attached hydrogens (tertiary/aromatic N) is 3. The number of urea groups is 1. The summed E-state index contributed by atoms with van der Waals surface area (Å²) < 4.78 is 16.7. The predicted octanol–water partition coefficient (Wildman–Crippen LogP) is 6.09. The molecule has 8 heteroatoms. The molecule has 2 aliphatic rings. The van der Waals surface area contributed by atoms with Gasteiger partial charge in [0.05, 0.1) is 17.3 Å². The van der Waals surface area contributed by atoms with Crippen LogP contribution in [0.4, 0.5) is 10.5 Å². The fourth-order valence-electron chi connectivity index (χ4n) is 4.91. The highest BCUT2D eigenvalue weighted by molar-refractivity contribution is 6.01. The summed E-state index contributed by atoms with van der Waals surface area (Å²) in [4.78, 5) is 19.9. The fourth-order valence-corrected chi connectivity index (χ4v) is 4.91. The van der Waals surface area contributed by atoms with Crippen molar-refractivity contribution in [1.82, 2.24) is 15.5 Å². The Morgan fingerprint density at radius 3 is 2.35 bits per heavy atom. The van der Waals surface area contributed by atoms with Gasteiger partial charge in [0.15, 0.2) is 11.5 Å². The molecule has 37 heavy (non-hydrogen) atoms. The first-order chi connectivity index (χ1) is 17.9. The Labute approximate surface area is 214 Å². The average molecular weight is 495 g/mol. The number of benzene rings is 3. The number of nitrogens with one attached hydrogen (secondary N) is 1. The van der Waals surface area contributed by atoms with Crippen molar-refractivity contribution in [3.63, 3.8) is 0 Å². The molecule has 3 aromatic carbocycles. The van der Waals surface area contributed by atoms with Crippen molar-refractivity contribution in [2.75, 3.05) is 11.7 Å². The summed E-state index contributed by atoms with van der Waals surface area (Å²) in [6.07, 6.45) is 0. The molecular weight excluding hydrogens is 468 g/mol. The molecule has 1 N–H and O–H groups in total. The van der Waals surface area contributed by atoms with E-state index >= 15 is 0 Å². The van der Waals surface area contributed by atoms with Crippen molar-refractivity contribution < 1.29 is 18.8 Å². The van der Waals surface area contributed by atoms with Gasteiger partial charge in [-0.25, -0.2) is 4.79 Å². The Bertz CT molecular complexity index is 1530.